The van der Waals surface area contributed by atoms with E-state index < -0.39 is 49.2 Å². The van der Waals surface area contributed by atoms with Crippen LogP contribution in [0.15, 0.2) is 0 Å². The summed E-state index contributed by atoms with van der Waals surface area (Å²) in [6.45, 7) is -0.808. The molecule has 0 saturated carbocycles. The number of hydrogen-bond donors (Lipinski definition) is 6. The van der Waals surface area contributed by atoms with Gasteiger partial charge in [0.25, 0.3) is 0 Å². The van der Waals surface area contributed by atoms with Gasteiger partial charge in [-0.1, -0.05) is 0 Å². The zero-order valence-electron chi connectivity index (χ0n) is 8.17. The molecule has 0 amide bonds. The molecular formula is C8H14O8. The standard InChI is InChI=1S/C8H14O8/c9-1-2(10)3(11)4(12)7-5(13)6(14)8(15)16-7/h2-7,9-14H,1H2/t2-,3+,4+,5-,6-,7-/m1/s1. The average molecular weight is 238 g/mol. The Hall–Kier alpha value is -0.770. The van der Waals surface area contributed by atoms with Gasteiger partial charge in [0.2, 0.25) is 0 Å². The zero-order chi connectivity index (χ0) is 12.5. The molecule has 94 valence electrons. The van der Waals surface area contributed by atoms with E-state index in [0.29, 0.717) is 0 Å². The number of rotatable bonds is 4. The average Bonchev–Trinajstić information content (AvgIpc) is 2.54. The Labute approximate surface area is 90.3 Å². The molecule has 1 heterocycles. The highest BCUT2D eigenvalue weighted by Gasteiger charge is 2.48. The normalized spacial score (nSPS) is 35.6. The van der Waals surface area contributed by atoms with Gasteiger partial charge >= 0.3 is 5.97 Å². The number of carbonyl (C=O) groups is 1. The first-order chi connectivity index (χ1) is 7.40. The Morgan fingerprint density at radius 3 is 2.19 bits per heavy atom. The minimum absolute atomic E-state index is 0.808. The summed E-state index contributed by atoms with van der Waals surface area (Å²) >= 11 is 0. The van der Waals surface area contributed by atoms with Crippen molar-refractivity contribution in [2.75, 3.05) is 6.61 Å². The first-order valence-electron chi connectivity index (χ1n) is 4.61. The maximum Gasteiger partial charge on any atom is 0.338 e. The largest absolute Gasteiger partial charge is 0.455 e. The number of aliphatic hydroxyl groups excluding tert-OH is 6. The lowest BCUT2D eigenvalue weighted by Crippen LogP contribution is -2.50. The van der Waals surface area contributed by atoms with Crippen molar-refractivity contribution < 1.29 is 40.2 Å². The van der Waals surface area contributed by atoms with Gasteiger partial charge in [-0.3, -0.25) is 0 Å². The molecule has 8 nitrogen and oxygen atoms in total. The molecule has 0 spiro atoms. The lowest BCUT2D eigenvalue weighted by atomic mass is 9.99. The van der Waals surface area contributed by atoms with Gasteiger partial charge in [0, 0.05) is 0 Å². The van der Waals surface area contributed by atoms with Gasteiger partial charge in [-0.2, -0.15) is 0 Å². The Morgan fingerprint density at radius 1 is 1.25 bits per heavy atom. The molecular weight excluding hydrogens is 224 g/mol. The number of carbonyl (C=O) groups excluding carboxylic acids is 1. The highest BCUT2D eigenvalue weighted by atomic mass is 16.6. The van der Waals surface area contributed by atoms with Crippen LogP contribution in [0.4, 0.5) is 0 Å². The fourth-order valence-electron chi connectivity index (χ4n) is 1.39. The second kappa shape index (κ2) is 5.04. The Kier molecular flexibility index (Phi) is 4.19. The molecule has 0 aromatic heterocycles. The first-order valence-corrected chi connectivity index (χ1v) is 4.61. The molecule has 0 aromatic rings. The van der Waals surface area contributed by atoms with Crippen molar-refractivity contribution in [2.24, 2.45) is 0 Å². The summed E-state index contributed by atoms with van der Waals surface area (Å²) in [7, 11) is 0. The van der Waals surface area contributed by atoms with Crippen LogP contribution in [0, 0.1) is 0 Å². The quantitative estimate of drug-likeness (QED) is 0.269. The third-order valence-corrected chi connectivity index (χ3v) is 2.42. The molecule has 0 aromatic carbocycles. The molecule has 1 aliphatic heterocycles. The SMILES string of the molecule is O=C1O[C@H]([C@@H](O)[C@@H](O)[C@H](O)CO)[C@H](O)[C@H]1O. The summed E-state index contributed by atoms with van der Waals surface area (Å²) in [5, 5.41) is 54.6. The van der Waals surface area contributed by atoms with Crippen molar-refractivity contribution in [2.45, 2.75) is 36.6 Å². The van der Waals surface area contributed by atoms with E-state index in [4.69, 9.17) is 15.3 Å². The molecule has 6 N–H and O–H groups in total. The van der Waals surface area contributed by atoms with E-state index in [-0.39, 0.29) is 0 Å². The highest BCUT2D eigenvalue weighted by molar-refractivity contribution is 5.77. The third kappa shape index (κ3) is 2.32. The van der Waals surface area contributed by atoms with Crippen molar-refractivity contribution in [1.82, 2.24) is 0 Å². The lowest BCUT2D eigenvalue weighted by molar-refractivity contribution is -0.159. The summed E-state index contributed by atoms with van der Waals surface area (Å²) in [4.78, 5) is 10.8. The topological polar surface area (TPSA) is 148 Å². The van der Waals surface area contributed by atoms with Crippen molar-refractivity contribution in [1.29, 1.82) is 0 Å². The van der Waals surface area contributed by atoms with E-state index in [1.807, 2.05) is 0 Å². The molecule has 0 radical (unpaired) electrons. The molecule has 0 unspecified atom stereocenters. The maximum absolute atomic E-state index is 10.8. The van der Waals surface area contributed by atoms with E-state index >= 15 is 0 Å². The van der Waals surface area contributed by atoms with Gasteiger partial charge in [-0.25, -0.2) is 4.79 Å². The Balaban J connectivity index is 2.68. The molecule has 8 heteroatoms. The van der Waals surface area contributed by atoms with Crippen LogP contribution in [-0.2, 0) is 9.53 Å². The minimum atomic E-state index is -1.81. The van der Waals surface area contributed by atoms with Gasteiger partial charge in [-0.05, 0) is 0 Å². The monoisotopic (exact) mass is 238 g/mol. The van der Waals surface area contributed by atoms with E-state index in [9.17, 15) is 20.1 Å². The predicted molar refractivity (Wildman–Crippen MR) is 47.0 cm³/mol. The maximum atomic E-state index is 10.8. The number of aliphatic hydroxyl groups is 6. The van der Waals surface area contributed by atoms with Crippen LogP contribution < -0.4 is 0 Å². The van der Waals surface area contributed by atoms with Gasteiger partial charge in [0.1, 0.15) is 24.4 Å². The van der Waals surface area contributed by atoms with Gasteiger partial charge in [0.15, 0.2) is 12.2 Å². The fraction of sp³-hybridized carbons (Fsp3) is 0.875. The summed E-state index contributed by atoms with van der Waals surface area (Å²) in [6, 6.07) is 0. The molecule has 1 rings (SSSR count). The number of ether oxygens (including phenoxy) is 1. The Morgan fingerprint density at radius 2 is 1.81 bits per heavy atom. The second-order valence-corrected chi connectivity index (χ2v) is 3.57. The van der Waals surface area contributed by atoms with E-state index in [2.05, 4.69) is 4.74 Å². The van der Waals surface area contributed by atoms with Crippen molar-refractivity contribution in [3.63, 3.8) is 0 Å². The summed E-state index contributed by atoms with van der Waals surface area (Å²) in [6.07, 6.45) is -10.3. The highest BCUT2D eigenvalue weighted by Crippen LogP contribution is 2.21. The minimum Gasteiger partial charge on any atom is -0.455 e. The van der Waals surface area contributed by atoms with E-state index in [1.165, 1.54) is 0 Å². The molecule has 1 saturated heterocycles. The predicted octanol–water partition coefficient (Wildman–Crippen LogP) is -4.29. The van der Waals surface area contributed by atoms with Gasteiger partial charge < -0.3 is 35.4 Å². The number of hydrogen-bond acceptors (Lipinski definition) is 8. The van der Waals surface area contributed by atoms with Crippen LogP contribution in [0.25, 0.3) is 0 Å². The van der Waals surface area contributed by atoms with Crippen molar-refractivity contribution >= 4 is 5.97 Å². The third-order valence-electron chi connectivity index (χ3n) is 2.42. The van der Waals surface area contributed by atoms with Crippen LogP contribution in [0.2, 0.25) is 0 Å². The zero-order valence-corrected chi connectivity index (χ0v) is 8.17. The smallest absolute Gasteiger partial charge is 0.338 e. The first kappa shape index (κ1) is 13.3. The van der Waals surface area contributed by atoms with Gasteiger partial charge in [-0.15, -0.1) is 0 Å². The molecule has 6 atom stereocenters. The summed E-state index contributed by atoms with van der Waals surface area (Å²) in [5.41, 5.74) is 0. The van der Waals surface area contributed by atoms with Crippen LogP contribution in [0.1, 0.15) is 0 Å². The van der Waals surface area contributed by atoms with Crippen molar-refractivity contribution in [3.05, 3.63) is 0 Å². The number of cyclic esters (lactones) is 1. The summed E-state index contributed by atoms with van der Waals surface area (Å²) < 4.78 is 4.42. The fourth-order valence-corrected chi connectivity index (χ4v) is 1.39. The molecule has 1 fully saturated rings. The van der Waals surface area contributed by atoms with Crippen LogP contribution in [-0.4, -0.2) is 79.8 Å². The summed E-state index contributed by atoms with van der Waals surface area (Å²) in [5.74, 6) is -1.12. The molecule has 16 heavy (non-hydrogen) atoms. The van der Waals surface area contributed by atoms with E-state index in [1.54, 1.807) is 0 Å². The number of esters is 1. The van der Waals surface area contributed by atoms with Crippen molar-refractivity contribution in [3.8, 4) is 0 Å². The lowest BCUT2D eigenvalue weighted by Gasteiger charge is -2.26. The van der Waals surface area contributed by atoms with Crippen LogP contribution in [0.3, 0.4) is 0 Å². The molecule has 0 bridgehead atoms. The van der Waals surface area contributed by atoms with Gasteiger partial charge in [0.05, 0.1) is 6.61 Å². The molecule has 1 aliphatic rings. The second-order valence-electron chi connectivity index (χ2n) is 3.57. The van der Waals surface area contributed by atoms with Crippen LogP contribution >= 0.6 is 0 Å². The Bertz CT molecular complexity index is 256. The van der Waals surface area contributed by atoms with Crippen LogP contribution in [0.5, 0.6) is 0 Å². The van der Waals surface area contributed by atoms with E-state index in [0.717, 1.165) is 0 Å². The molecule has 0 aliphatic carbocycles.